The quantitative estimate of drug-likeness (QED) is 0.871. The molecule has 6 nitrogen and oxygen atoms in total. The normalized spacial score (nSPS) is 10.5. The van der Waals surface area contributed by atoms with Crippen molar-refractivity contribution < 1.29 is 4.79 Å². The fourth-order valence-corrected chi connectivity index (χ4v) is 1.90. The lowest BCUT2D eigenvalue weighted by molar-refractivity contribution is 0.0738. The van der Waals surface area contributed by atoms with Gasteiger partial charge in [-0.05, 0) is 25.5 Å². The molecule has 0 bridgehead atoms. The molecule has 2 heterocycles. The van der Waals surface area contributed by atoms with Crippen molar-refractivity contribution in [2.75, 3.05) is 6.54 Å². The van der Waals surface area contributed by atoms with E-state index in [0.29, 0.717) is 13.1 Å². The third kappa shape index (κ3) is 3.40. The molecule has 0 fully saturated rings. The highest BCUT2D eigenvalue weighted by Gasteiger charge is 2.19. The molecule has 0 atom stereocenters. The zero-order valence-corrected chi connectivity index (χ0v) is 11.8. The largest absolute Gasteiger partial charge is 0.330 e. The van der Waals surface area contributed by atoms with Crippen LogP contribution in [0.4, 0.5) is 0 Å². The van der Waals surface area contributed by atoms with Crippen molar-refractivity contribution in [2.45, 2.75) is 33.2 Å². The molecule has 20 heavy (non-hydrogen) atoms. The van der Waals surface area contributed by atoms with Gasteiger partial charge in [-0.15, -0.1) is 5.10 Å². The molecule has 6 heteroatoms. The molecule has 1 N–H and O–H groups in total. The van der Waals surface area contributed by atoms with E-state index in [1.165, 1.54) is 0 Å². The van der Waals surface area contributed by atoms with Gasteiger partial charge in [-0.2, -0.15) is 0 Å². The van der Waals surface area contributed by atoms with Crippen LogP contribution in [-0.2, 0) is 13.0 Å². The molecule has 2 aromatic rings. The highest BCUT2D eigenvalue weighted by atomic mass is 16.2. The molecule has 0 saturated carbocycles. The van der Waals surface area contributed by atoms with Gasteiger partial charge in [-0.1, -0.05) is 13.0 Å². The minimum atomic E-state index is -0.170. The molecular weight excluding hydrogens is 254 g/mol. The first-order chi connectivity index (χ1) is 9.74. The van der Waals surface area contributed by atoms with Gasteiger partial charge in [0.25, 0.3) is 5.91 Å². The van der Waals surface area contributed by atoms with Crippen molar-refractivity contribution in [1.29, 1.82) is 0 Å². The van der Waals surface area contributed by atoms with Gasteiger partial charge < -0.3 is 4.90 Å². The lowest BCUT2D eigenvalue weighted by Crippen LogP contribution is -2.31. The summed E-state index contributed by atoms with van der Waals surface area (Å²) in [7, 11) is 0. The number of carbonyl (C=O) groups excluding carboxylic acids is 1. The van der Waals surface area contributed by atoms with E-state index >= 15 is 0 Å². The highest BCUT2D eigenvalue weighted by molar-refractivity contribution is 5.90. The first-order valence-electron chi connectivity index (χ1n) is 6.85. The molecule has 0 aromatic carbocycles. The number of carbonyl (C=O) groups is 1. The first-order valence-corrected chi connectivity index (χ1v) is 6.85. The second-order valence-corrected chi connectivity index (χ2v) is 4.50. The molecule has 0 radical (unpaired) electrons. The summed E-state index contributed by atoms with van der Waals surface area (Å²) >= 11 is 0. The summed E-state index contributed by atoms with van der Waals surface area (Å²) in [5.41, 5.74) is 0.854. The second kappa shape index (κ2) is 6.79. The van der Waals surface area contributed by atoms with Gasteiger partial charge in [0.15, 0.2) is 0 Å². The van der Waals surface area contributed by atoms with E-state index < -0.39 is 0 Å². The second-order valence-electron chi connectivity index (χ2n) is 4.50. The minimum Gasteiger partial charge on any atom is -0.330 e. The van der Waals surface area contributed by atoms with E-state index in [1.807, 2.05) is 25.1 Å². The number of nitrogens with one attached hydrogen (secondary N) is 1. The Morgan fingerprint density at radius 3 is 2.85 bits per heavy atom. The average molecular weight is 273 g/mol. The van der Waals surface area contributed by atoms with E-state index in [4.69, 9.17) is 0 Å². The lowest BCUT2D eigenvalue weighted by atomic mass is 10.3. The van der Waals surface area contributed by atoms with E-state index in [2.05, 4.69) is 27.1 Å². The van der Waals surface area contributed by atoms with Crippen molar-refractivity contribution in [3.8, 4) is 0 Å². The van der Waals surface area contributed by atoms with E-state index in [1.54, 1.807) is 11.1 Å². The Morgan fingerprint density at radius 2 is 2.20 bits per heavy atom. The summed E-state index contributed by atoms with van der Waals surface area (Å²) in [6.07, 6.45) is 3.49. The van der Waals surface area contributed by atoms with Gasteiger partial charge in [0.2, 0.25) is 5.82 Å². The van der Waals surface area contributed by atoms with Gasteiger partial charge in [0.1, 0.15) is 5.82 Å². The first kappa shape index (κ1) is 14.2. The molecule has 2 aromatic heterocycles. The molecule has 1 amide bonds. The number of nitrogens with zero attached hydrogens (tertiary/aromatic N) is 4. The smallest absolute Gasteiger partial charge is 0.293 e. The summed E-state index contributed by atoms with van der Waals surface area (Å²) in [6, 6.07) is 5.66. The molecule has 0 unspecified atom stereocenters. The maximum absolute atomic E-state index is 12.4. The van der Waals surface area contributed by atoms with Crippen LogP contribution in [0.1, 0.15) is 42.4 Å². The third-order valence-corrected chi connectivity index (χ3v) is 2.96. The molecule has 106 valence electrons. The van der Waals surface area contributed by atoms with Crippen LogP contribution >= 0.6 is 0 Å². The van der Waals surface area contributed by atoms with Gasteiger partial charge in [0, 0.05) is 19.2 Å². The van der Waals surface area contributed by atoms with E-state index in [-0.39, 0.29) is 11.7 Å². The fraction of sp³-hybridized carbons (Fsp3) is 0.429. The van der Waals surface area contributed by atoms with Crippen LogP contribution in [0.3, 0.4) is 0 Å². The lowest BCUT2D eigenvalue weighted by Gasteiger charge is -2.18. The zero-order chi connectivity index (χ0) is 14.4. The van der Waals surface area contributed by atoms with Crippen molar-refractivity contribution in [3.05, 3.63) is 41.7 Å². The summed E-state index contributed by atoms with van der Waals surface area (Å²) < 4.78 is 0. The number of amides is 1. The van der Waals surface area contributed by atoms with Gasteiger partial charge >= 0.3 is 0 Å². The molecular formula is C14H19N5O. The maximum atomic E-state index is 12.4. The van der Waals surface area contributed by atoms with Crippen LogP contribution in [-0.4, -0.2) is 37.5 Å². The van der Waals surface area contributed by atoms with Gasteiger partial charge in [-0.25, -0.2) is 4.98 Å². The Labute approximate surface area is 118 Å². The van der Waals surface area contributed by atoms with Crippen molar-refractivity contribution in [1.82, 2.24) is 25.1 Å². The highest BCUT2D eigenvalue weighted by Crippen LogP contribution is 2.06. The topological polar surface area (TPSA) is 74.8 Å². The molecule has 2 rings (SSSR count). The zero-order valence-electron chi connectivity index (χ0n) is 11.8. The van der Waals surface area contributed by atoms with Crippen LogP contribution in [0, 0.1) is 0 Å². The standard InChI is InChI=1S/C14H19N5O/c1-3-7-12-16-13(18-17-12)14(20)19(4-2)10-11-8-5-6-9-15-11/h5-6,8-9H,3-4,7,10H2,1-2H3,(H,16,17,18). The molecule has 0 aliphatic rings. The van der Waals surface area contributed by atoms with Crippen molar-refractivity contribution in [2.24, 2.45) is 0 Å². The summed E-state index contributed by atoms with van der Waals surface area (Å²) in [4.78, 5) is 22.5. The Kier molecular flexibility index (Phi) is 4.81. The molecule has 0 spiro atoms. The third-order valence-electron chi connectivity index (χ3n) is 2.96. The van der Waals surface area contributed by atoms with Crippen molar-refractivity contribution in [3.63, 3.8) is 0 Å². The minimum absolute atomic E-state index is 0.170. The SMILES string of the molecule is CCCc1nc(C(=O)N(CC)Cc2ccccn2)n[nH]1. The number of aromatic amines is 1. The van der Waals surface area contributed by atoms with Crippen molar-refractivity contribution >= 4 is 5.91 Å². The van der Waals surface area contributed by atoms with Crippen LogP contribution in [0.25, 0.3) is 0 Å². The van der Waals surface area contributed by atoms with E-state index in [0.717, 1.165) is 24.4 Å². The average Bonchev–Trinajstić information content (AvgIpc) is 2.94. The van der Waals surface area contributed by atoms with Crippen LogP contribution < -0.4 is 0 Å². The fourth-order valence-electron chi connectivity index (χ4n) is 1.90. The van der Waals surface area contributed by atoms with Crippen LogP contribution in [0.15, 0.2) is 24.4 Å². The molecule has 0 aliphatic heterocycles. The Morgan fingerprint density at radius 1 is 1.35 bits per heavy atom. The number of aryl methyl sites for hydroxylation is 1. The van der Waals surface area contributed by atoms with E-state index in [9.17, 15) is 4.79 Å². The number of aromatic nitrogens is 4. The Hall–Kier alpha value is -2.24. The summed E-state index contributed by atoms with van der Waals surface area (Å²) in [6.45, 7) is 5.05. The predicted molar refractivity (Wildman–Crippen MR) is 75.0 cm³/mol. The van der Waals surface area contributed by atoms with Crippen LogP contribution in [0.2, 0.25) is 0 Å². The monoisotopic (exact) mass is 273 g/mol. The number of hydrogen-bond acceptors (Lipinski definition) is 4. The van der Waals surface area contributed by atoms with Gasteiger partial charge in [0.05, 0.1) is 12.2 Å². The summed E-state index contributed by atoms with van der Waals surface area (Å²) in [5, 5.41) is 6.80. The number of H-pyrrole nitrogens is 1. The number of hydrogen-bond donors (Lipinski definition) is 1. The number of pyridine rings is 1. The van der Waals surface area contributed by atoms with Crippen LogP contribution in [0.5, 0.6) is 0 Å². The molecule has 0 aliphatic carbocycles. The predicted octanol–water partition coefficient (Wildman–Crippen LogP) is 1.81. The Balaban J connectivity index is 2.08. The summed E-state index contributed by atoms with van der Waals surface area (Å²) in [5.74, 6) is 0.813. The Bertz CT molecular complexity index is 552. The molecule has 0 saturated heterocycles. The maximum Gasteiger partial charge on any atom is 0.293 e. The van der Waals surface area contributed by atoms with Gasteiger partial charge in [-0.3, -0.25) is 14.9 Å². The number of rotatable bonds is 6.